The quantitative estimate of drug-likeness (QED) is 0.931. The van der Waals surface area contributed by atoms with Crippen LogP contribution in [-0.4, -0.2) is 45.2 Å². The molecule has 0 aromatic carbocycles. The SMILES string of the molecule is CC(C)(C)n1cc(CN2CCC(C(O)C(F)(F)F)CC2)cn1. The van der Waals surface area contributed by atoms with Gasteiger partial charge in [0.1, 0.15) is 0 Å². The molecule has 7 heteroatoms. The molecule has 1 saturated heterocycles. The molecule has 2 heterocycles. The minimum atomic E-state index is -4.51. The summed E-state index contributed by atoms with van der Waals surface area (Å²) in [5, 5.41) is 13.7. The van der Waals surface area contributed by atoms with Gasteiger partial charge in [-0.2, -0.15) is 18.3 Å². The molecule has 2 rings (SSSR count). The number of hydrogen-bond donors (Lipinski definition) is 1. The molecule has 22 heavy (non-hydrogen) atoms. The molecular formula is C15H24F3N3O. The first kappa shape index (κ1) is 17.3. The van der Waals surface area contributed by atoms with Crippen LogP contribution in [-0.2, 0) is 12.1 Å². The molecule has 1 N–H and O–H groups in total. The Bertz CT molecular complexity index is 485. The van der Waals surface area contributed by atoms with Crippen LogP contribution in [0.2, 0.25) is 0 Å². The molecule has 0 saturated carbocycles. The number of aromatic nitrogens is 2. The third-order valence-corrected chi connectivity index (χ3v) is 4.14. The molecule has 1 unspecified atom stereocenters. The second-order valence-electron chi connectivity index (χ2n) is 7.06. The van der Waals surface area contributed by atoms with Crippen LogP contribution in [0.25, 0.3) is 0 Å². The van der Waals surface area contributed by atoms with Gasteiger partial charge in [0.15, 0.2) is 6.10 Å². The molecule has 0 spiro atoms. The normalized spacial score (nSPS) is 20.3. The molecule has 1 aromatic rings. The van der Waals surface area contributed by atoms with E-state index in [9.17, 15) is 18.3 Å². The first-order valence-corrected chi connectivity index (χ1v) is 7.58. The fourth-order valence-electron chi connectivity index (χ4n) is 2.76. The van der Waals surface area contributed by atoms with Crippen LogP contribution < -0.4 is 0 Å². The summed E-state index contributed by atoms with van der Waals surface area (Å²) in [6.45, 7) is 8.01. The van der Waals surface area contributed by atoms with Gasteiger partial charge in [-0.1, -0.05) is 0 Å². The first-order chi connectivity index (χ1) is 10.1. The molecule has 1 aliphatic heterocycles. The number of alkyl halides is 3. The van der Waals surface area contributed by atoms with Crippen LogP contribution >= 0.6 is 0 Å². The lowest BCUT2D eigenvalue weighted by Gasteiger charge is -2.34. The Hall–Kier alpha value is -1.08. The van der Waals surface area contributed by atoms with E-state index in [0.717, 1.165) is 5.56 Å². The van der Waals surface area contributed by atoms with Crippen molar-refractivity contribution < 1.29 is 18.3 Å². The van der Waals surface area contributed by atoms with E-state index in [1.807, 2.05) is 17.1 Å². The number of hydrogen-bond acceptors (Lipinski definition) is 3. The van der Waals surface area contributed by atoms with Crippen molar-refractivity contribution in [1.29, 1.82) is 0 Å². The van der Waals surface area contributed by atoms with Crippen LogP contribution in [0.3, 0.4) is 0 Å². The zero-order valence-electron chi connectivity index (χ0n) is 13.3. The Morgan fingerprint density at radius 3 is 2.32 bits per heavy atom. The molecule has 0 amide bonds. The van der Waals surface area contributed by atoms with Gasteiger partial charge in [0.25, 0.3) is 0 Å². The van der Waals surface area contributed by atoms with Crippen LogP contribution in [0, 0.1) is 5.92 Å². The Labute approximate surface area is 128 Å². The predicted molar refractivity (Wildman–Crippen MR) is 77.3 cm³/mol. The summed E-state index contributed by atoms with van der Waals surface area (Å²) in [6, 6.07) is 0. The van der Waals surface area contributed by atoms with Crippen molar-refractivity contribution >= 4 is 0 Å². The molecule has 1 atom stereocenters. The molecule has 4 nitrogen and oxygen atoms in total. The van der Waals surface area contributed by atoms with Gasteiger partial charge in [0.05, 0.1) is 11.7 Å². The van der Waals surface area contributed by atoms with Crippen molar-refractivity contribution in [2.24, 2.45) is 5.92 Å². The molecule has 0 radical (unpaired) electrons. The first-order valence-electron chi connectivity index (χ1n) is 7.58. The Balaban J connectivity index is 1.86. The van der Waals surface area contributed by atoms with Gasteiger partial charge < -0.3 is 5.11 Å². The summed E-state index contributed by atoms with van der Waals surface area (Å²) < 4.78 is 39.4. The molecule has 1 fully saturated rings. The Morgan fingerprint density at radius 2 is 1.86 bits per heavy atom. The third-order valence-electron chi connectivity index (χ3n) is 4.14. The predicted octanol–water partition coefficient (Wildman–Crippen LogP) is 2.77. The molecule has 0 aliphatic carbocycles. The van der Waals surface area contributed by atoms with E-state index < -0.39 is 18.2 Å². The molecular weight excluding hydrogens is 295 g/mol. The zero-order chi connectivity index (χ0) is 16.5. The highest BCUT2D eigenvalue weighted by Crippen LogP contribution is 2.31. The second-order valence-corrected chi connectivity index (χ2v) is 7.06. The topological polar surface area (TPSA) is 41.3 Å². The minimum absolute atomic E-state index is 0.0813. The van der Waals surface area contributed by atoms with Crippen molar-refractivity contribution in [1.82, 2.24) is 14.7 Å². The van der Waals surface area contributed by atoms with Gasteiger partial charge in [-0.3, -0.25) is 9.58 Å². The maximum Gasteiger partial charge on any atom is 0.414 e. The Kier molecular flexibility index (Phi) is 4.87. The van der Waals surface area contributed by atoms with Crippen molar-refractivity contribution in [3.8, 4) is 0 Å². The van der Waals surface area contributed by atoms with Crippen molar-refractivity contribution in [2.75, 3.05) is 13.1 Å². The lowest BCUT2D eigenvalue weighted by Crippen LogP contribution is -2.43. The van der Waals surface area contributed by atoms with E-state index in [4.69, 9.17) is 0 Å². The van der Waals surface area contributed by atoms with E-state index in [1.54, 1.807) is 0 Å². The maximum atomic E-state index is 12.5. The Morgan fingerprint density at radius 1 is 1.27 bits per heavy atom. The monoisotopic (exact) mass is 319 g/mol. The molecule has 126 valence electrons. The van der Waals surface area contributed by atoms with E-state index in [0.29, 0.717) is 32.5 Å². The number of piperidine rings is 1. The lowest BCUT2D eigenvalue weighted by atomic mass is 9.91. The van der Waals surface area contributed by atoms with Gasteiger partial charge in [0, 0.05) is 18.3 Å². The average Bonchev–Trinajstić information content (AvgIpc) is 2.86. The lowest BCUT2D eigenvalue weighted by molar-refractivity contribution is -0.223. The average molecular weight is 319 g/mol. The van der Waals surface area contributed by atoms with E-state index in [1.165, 1.54) is 0 Å². The fraction of sp³-hybridized carbons (Fsp3) is 0.800. The highest BCUT2D eigenvalue weighted by Gasteiger charge is 2.44. The third kappa shape index (κ3) is 4.23. The molecule has 0 bridgehead atoms. The van der Waals surface area contributed by atoms with Crippen molar-refractivity contribution in [3.63, 3.8) is 0 Å². The van der Waals surface area contributed by atoms with Crippen molar-refractivity contribution in [3.05, 3.63) is 18.0 Å². The van der Waals surface area contributed by atoms with Gasteiger partial charge >= 0.3 is 6.18 Å². The standard InChI is InChI=1S/C15H24F3N3O/c1-14(2,3)21-10-11(8-19-21)9-20-6-4-12(5-7-20)13(22)15(16,17)18/h8,10,12-13,22H,4-7,9H2,1-3H3. The number of aliphatic hydroxyl groups is 1. The molecule has 1 aromatic heterocycles. The highest BCUT2D eigenvalue weighted by atomic mass is 19.4. The largest absolute Gasteiger partial charge is 0.414 e. The number of halogens is 3. The summed E-state index contributed by atoms with van der Waals surface area (Å²) in [6.07, 6.45) is -2.18. The highest BCUT2D eigenvalue weighted by molar-refractivity contribution is 5.05. The van der Waals surface area contributed by atoms with E-state index in [-0.39, 0.29) is 5.54 Å². The summed E-state index contributed by atoms with van der Waals surface area (Å²) in [4.78, 5) is 2.11. The number of rotatable bonds is 3. The summed E-state index contributed by atoms with van der Waals surface area (Å²) in [5.41, 5.74) is 0.979. The van der Waals surface area contributed by atoms with Gasteiger partial charge in [-0.15, -0.1) is 0 Å². The summed E-state index contributed by atoms with van der Waals surface area (Å²) in [5.74, 6) is -0.687. The van der Waals surface area contributed by atoms with Crippen LogP contribution in [0.1, 0.15) is 39.2 Å². The van der Waals surface area contributed by atoms with Crippen molar-refractivity contribution in [2.45, 2.75) is 58.0 Å². The van der Waals surface area contributed by atoms with Crippen LogP contribution in [0.15, 0.2) is 12.4 Å². The smallest absolute Gasteiger partial charge is 0.383 e. The number of likely N-dealkylation sites (tertiary alicyclic amines) is 1. The van der Waals surface area contributed by atoms with Crippen LogP contribution in [0.4, 0.5) is 13.2 Å². The van der Waals surface area contributed by atoms with Crippen LogP contribution in [0.5, 0.6) is 0 Å². The minimum Gasteiger partial charge on any atom is -0.383 e. The number of nitrogens with zero attached hydrogens (tertiary/aromatic N) is 3. The fourth-order valence-corrected chi connectivity index (χ4v) is 2.76. The number of aliphatic hydroxyl groups excluding tert-OH is 1. The van der Waals surface area contributed by atoms with Gasteiger partial charge in [0.2, 0.25) is 0 Å². The van der Waals surface area contributed by atoms with Gasteiger partial charge in [-0.25, -0.2) is 0 Å². The zero-order valence-corrected chi connectivity index (χ0v) is 13.3. The summed E-state index contributed by atoms with van der Waals surface area (Å²) >= 11 is 0. The second kappa shape index (κ2) is 6.20. The maximum absolute atomic E-state index is 12.5. The van der Waals surface area contributed by atoms with E-state index in [2.05, 4.69) is 30.8 Å². The summed E-state index contributed by atoms with van der Waals surface area (Å²) in [7, 11) is 0. The van der Waals surface area contributed by atoms with Gasteiger partial charge in [-0.05, 0) is 52.6 Å². The molecule has 1 aliphatic rings. The van der Waals surface area contributed by atoms with E-state index >= 15 is 0 Å².